The highest BCUT2D eigenvalue weighted by molar-refractivity contribution is 7.18. The summed E-state index contributed by atoms with van der Waals surface area (Å²) in [4.78, 5) is 16.8. The second kappa shape index (κ2) is 7.73. The summed E-state index contributed by atoms with van der Waals surface area (Å²) in [6.45, 7) is 0. The number of carbonyl (C=O) groups is 1. The Labute approximate surface area is 136 Å². The third-order valence-corrected chi connectivity index (χ3v) is 5.47. The first-order valence-electron chi connectivity index (χ1n) is 8.45. The van der Waals surface area contributed by atoms with Crippen molar-refractivity contribution in [2.45, 2.75) is 63.8 Å². The second-order valence-electron chi connectivity index (χ2n) is 6.18. The van der Waals surface area contributed by atoms with Crippen LogP contribution < -0.4 is 5.32 Å². The molecule has 1 fully saturated rings. The molecule has 4 heteroatoms. The number of aryl methyl sites for hydroxylation is 1. The highest BCUT2D eigenvalue weighted by atomic mass is 32.1. The smallest absolute Gasteiger partial charge is 0.220 e. The molecule has 0 unspecified atom stereocenters. The molecule has 0 atom stereocenters. The molecule has 1 saturated carbocycles. The number of carbonyl (C=O) groups excluding carboxylic acids is 1. The van der Waals surface area contributed by atoms with Crippen molar-refractivity contribution in [3.8, 4) is 0 Å². The van der Waals surface area contributed by atoms with E-state index in [1.165, 1.54) is 36.8 Å². The van der Waals surface area contributed by atoms with Crippen molar-refractivity contribution in [2.75, 3.05) is 0 Å². The van der Waals surface area contributed by atoms with E-state index < -0.39 is 0 Å². The third kappa shape index (κ3) is 4.29. The zero-order chi connectivity index (χ0) is 15.2. The number of benzene rings is 1. The van der Waals surface area contributed by atoms with Gasteiger partial charge in [-0.2, -0.15) is 0 Å². The first-order valence-corrected chi connectivity index (χ1v) is 9.27. The molecule has 118 valence electrons. The van der Waals surface area contributed by atoms with Crippen LogP contribution in [0.5, 0.6) is 0 Å². The van der Waals surface area contributed by atoms with E-state index in [0.717, 1.165) is 29.8 Å². The Morgan fingerprint density at radius 1 is 1.14 bits per heavy atom. The standard InChI is InChI=1S/C18H24N2OS/c21-17(19-14-8-4-2-1-3-5-9-14)12-13-18-20-15-10-6-7-11-16(15)22-18/h6-7,10-11,14H,1-5,8-9,12-13H2,(H,19,21). The van der Waals surface area contributed by atoms with Gasteiger partial charge in [0.05, 0.1) is 15.2 Å². The molecule has 0 spiro atoms. The Morgan fingerprint density at radius 2 is 1.86 bits per heavy atom. The number of hydrogen-bond donors (Lipinski definition) is 1. The molecule has 0 bridgehead atoms. The normalized spacial score (nSPS) is 17.1. The van der Waals surface area contributed by atoms with Crippen LogP contribution >= 0.6 is 11.3 Å². The van der Waals surface area contributed by atoms with Crippen LogP contribution in [0, 0.1) is 0 Å². The molecule has 1 N–H and O–H groups in total. The van der Waals surface area contributed by atoms with Crippen LogP contribution in [0.25, 0.3) is 10.2 Å². The highest BCUT2D eigenvalue weighted by Gasteiger charge is 2.14. The lowest BCUT2D eigenvalue weighted by atomic mass is 9.96. The number of nitrogens with zero attached hydrogens (tertiary/aromatic N) is 1. The van der Waals surface area contributed by atoms with Gasteiger partial charge in [0.1, 0.15) is 0 Å². The Kier molecular flexibility index (Phi) is 5.43. The quantitative estimate of drug-likeness (QED) is 0.905. The molecule has 1 aromatic carbocycles. The van der Waals surface area contributed by atoms with Gasteiger partial charge in [0, 0.05) is 18.9 Å². The van der Waals surface area contributed by atoms with E-state index in [0.29, 0.717) is 12.5 Å². The first-order chi connectivity index (χ1) is 10.8. The maximum Gasteiger partial charge on any atom is 0.220 e. The summed E-state index contributed by atoms with van der Waals surface area (Å²) in [6.07, 6.45) is 10.1. The van der Waals surface area contributed by atoms with Gasteiger partial charge in [-0.1, -0.05) is 44.2 Å². The second-order valence-corrected chi connectivity index (χ2v) is 7.30. The van der Waals surface area contributed by atoms with Gasteiger partial charge in [-0.05, 0) is 25.0 Å². The van der Waals surface area contributed by atoms with Crippen LogP contribution in [0.1, 0.15) is 56.4 Å². The highest BCUT2D eigenvalue weighted by Crippen LogP contribution is 2.22. The number of amides is 1. The maximum absolute atomic E-state index is 12.2. The summed E-state index contributed by atoms with van der Waals surface area (Å²) < 4.78 is 1.21. The minimum Gasteiger partial charge on any atom is -0.353 e. The average Bonchev–Trinajstić information content (AvgIpc) is 2.91. The number of nitrogens with one attached hydrogen (secondary N) is 1. The summed E-state index contributed by atoms with van der Waals surface area (Å²) in [5.74, 6) is 0.185. The molecule has 1 aliphatic carbocycles. The van der Waals surface area contributed by atoms with Crippen LogP contribution in [-0.2, 0) is 11.2 Å². The van der Waals surface area contributed by atoms with Gasteiger partial charge in [0.15, 0.2) is 0 Å². The molecular formula is C18H24N2OS. The summed E-state index contributed by atoms with van der Waals surface area (Å²) in [5, 5.41) is 4.29. The van der Waals surface area contributed by atoms with Crippen molar-refractivity contribution in [2.24, 2.45) is 0 Å². The lowest BCUT2D eigenvalue weighted by molar-refractivity contribution is -0.121. The zero-order valence-corrected chi connectivity index (χ0v) is 13.8. The molecule has 0 aliphatic heterocycles. The summed E-state index contributed by atoms with van der Waals surface area (Å²) >= 11 is 1.70. The molecular weight excluding hydrogens is 292 g/mol. The molecule has 2 aromatic rings. The molecule has 0 saturated heterocycles. The predicted molar refractivity (Wildman–Crippen MR) is 92.2 cm³/mol. The molecule has 22 heavy (non-hydrogen) atoms. The van der Waals surface area contributed by atoms with Crippen molar-refractivity contribution in [1.82, 2.24) is 10.3 Å². The third-order valence-electron chi connectivity index (χ3n) is 4.37. The van der Waals surface area contributed by atoms with Gasteiger partial charge < -0.3 is 5.32 Å². The number of aromatic nitrogens is 1. The largest absolute Gasteiger partial charge is 0.353 e. The Hall–Kier alpha value is -1.42. The van der Waals surface area contributed by atoms with E-state index in [-0.39, 0.29) is 5.91 Å². The Balaban J connectivity index is 1.48. The molecule has 1 aromatic heterocycles. The number of para-hydroxylation sites is 1. The minimum atomic E-state index is 0.185. The van der Waals surface area contributed by atoms with Crippen molar-refractivity contribution in [3.63, 3.8) is 0 Å². The van der Waals surface area contributed by atoms with Crippen molar-refractivity contribution >= 4 is 27.5 Å². The van der Waals surface area contributed by atoms with E-state index in [1.54, 1.807) is 11.3 Å². The van der Waals surface area contributed by atoms with Gasteiger partial charge in [0.2, 0.25) is 5.91 Å². The van der Waals surface area contributed by atoms with E-state index in [1.807, 2.05) is 18.2 Å². The lowest BCUT2D eigenvalue weighted by Gasteiger charge is -2.20. The van der Waals surface area contributed by atoms with E-state index in [4.69, 9.17) is 0 Å². The maximum atomic E-state index is 12.2. The fourth-order valence-corrected chi connectivity index (χ4v) is 4.11. The van der Waals surface area contributed by atoms with Gasteiger partial charge in [-0.15, -0.1) is 11.3 Å². The molecule has 1 heterocycles. The lowest BCUT2D eigenvalue weighted by Crippen LogP contribution is -2.35. The zero-order valence-electron chi connectivity index (χ0n) is 13.0. The SMILES string of the molecule is O=C(CCc1nc2ccccc2s1)NC1CCCCCCC1. The van der Waals surface area contributed by atoms with E-state index in [9.17, 15) is 4.79 Å². The Bertz CT molecular complexity index is 581. The predicted octanol–water partition coefficient (Wildman–Crippen LogP) is 4.46. The van der Waals surface area contributed by atoms with Crippen molar-refractivity contribution in [1.29, 1.82) is 0 Å². The monoisotopic (exact) mass is 316 g/mol. The van der Waals surface area contributed by atoms with Gasteiger partial charge in [-0.25, -0.2) is 4.98 Å². The summed E-state index contributed by atoms with van der Waals surface area (Å²) in [5.41, 5.74) is 1.04. The van der Waals surface area contributed by atoms with Gasteiger partial charge >= 0.3 is 0 Å². The first kappa shape index (κ1) is 15.5. The molecule has 0 radical (unpaired) electrons. The number of fused-ring (bicyclic) bond motifs is 1. The van der Waals surface area contributed by atoms with Crippen LogP contribution in [0.3, 0.4) is 0 Å². The molecule has 3 rings (SSSR count). The molecule has 1 aliphatic rings. The van der Waals surface area contributed by atoms with Gasteiger partial charge in [0.25, 0.3) is 0 Å². The Morgan fingerprint density at radius 3 is 2.64 bits per heavy atom. The topological polar surface area (TPSA) is 42.0 Å². The van der Waals surface area contributed by atoms with Crippen LogP contribution in [0.2, 0.25) is 0 Å². The van der Waals surface area contributed by atoms with E-state index >= 15 is 0 Å². The van der Waals surface area contributed by atoms with E-state index in [2.05, 4.69) is 16.4 Å². The van der Waals surface area contributed by atoms with Crippen molar-refractivity contribution < 1.29 is 4.79 Å². The number of rotatable bonds is 4. The molecule has 1 amide bonds. The summed E-state index contributed by atoms with van der Waals surface area (Å²) in [6, 6.07) is 8.55. The van der Waals surface area contributed by atoms with Crippen LogP contribution in [0.15, 0.2) is 24.3 Å². The fourth-order valence-electron chi connectivity index (χ4n) is 3.15. The molecule has 3 nitrogen and oxygen atoms in total. The fraction of sp³-hybridized carbons (Fsp3) is 0.556. The number of thiazole rings is 1. The average molecular weight is 316 g/mol. The van der Waals surface area contributed by atoms with Gasteiger partial charge in [-0.3, -0.25) is 4.79 Å². The van der Waals surface area contributed by atoms with Crippen LogP contribution in [-0.4, -0.2) is 16.9 Å². The van der Waals surface area contributed by atoms with Crippen molar-refractivity contribution in [3.05, 3.63) is 29.3 Å². The van der Waals surface area contributed by atoms with Crippen LogP contribution in [0.4, 0.5) is 0 Å². The summed E-state index contributed by atoms with van der Waals surface area (Å²) in [7, 11) is 0. The minimum absolute atomic E-state index is 0.185. The number of hydrogen-bond acceptors (Lipinski definition) is 3.